The molecule has 0 spiro atoms. The highest BCUT2D eigenvalue weighted by atomic mass is 35.5. The lowest BCUT2D eigenvalue weighted by molar-refractivity contribution is 0.0720. The number of para-hydroxylation sites is 2. The van der Waals surface area contributed by atoms with E-state index in [4.69, 9.17) is 21.1 Å². The lowest BCUT2D eigenvalue weighted by Gasteiger charge is -2.21. The van der Waals surface area contributed by atoms with Crippen LogP contribution in [0.2, 0.25) is 5.02 Å². The summed E-state index contributed by atoms with van der Waals surface area (Å²) in [6.07, 6.45) is 1.74. The Bertz CT molecular complexity index is 1050. The highest BCUT2D eigenvalue weighted by Crippen LogP contribution is 2.25. The first kappa shape index (κ1) is 23.0. The van der Waals surface area contributed by atoms with Crippen molar-refractivity contribution in [3.63, 3.8) is 0 Å². The molecular weight excluding hydrogens is 442 g/mol. The van der Waals surface area contributed by atoms with Crippen molar-refractivity contribution in [1.29, 1.82) is 0 Å². The molecule has 1 aliphatic heterocycles. The van der Waals surface area contributed by atoms with Gasteiger partial charge in [-0.1, -0.05) is 41.9 Å². The van der Waals surface area contributed by atoms with Gasteiger partial charge in [-0.2, -0.15) is 0 Å². The number of aliphatic hydroxyl groups is 1. The van der Waals surface area contributed by atoms with Gasteiger partial charge in [0.15, 0.2) is 0 Å². The molecule has 2 atom stereocenters. The fourth-order valence-electron chi connectivity index (χ4n) is 3.68. The summed E-state index contributed by atoms with van der Waals surface area (Å²) in [6, 6.07) is 19.7. The quantitative estimate of drug-likeness (QED) is 0.497. The van der Waals surface area contributed by atoms with Crippen LogP contribution in [0, 0.1) is 0 Å². The average molecular weight is 468 g/mol. The molecule has 0 aliphatic carbocycles. The van der Waals surface area contributed by atoms with Crippen molar-refractivity contribution < 1.29 is 19.4 Å². The first-order chi connectivity index (χ1) is 16.1. The molecule has 0 saturated carbocycles. The Kier molecular flexibility index (Phi) is 7.78. The van der Waals surface area contributed by atoms with Crippen molar-refractivity contribution in [3.8, 4) is 11.6 Å². The Hall–Kier alpha value is -3.13. The van der Waals surface area contributed by atoms with Crippen LogP contribution >= 0.6 is 11.6 Å². The van der Waals surface area contributed by atoms with Crippen LogP contribution in [0.5, 0.6) is 11.6 Å². The second kappa shape index (κ2) is 11.1. The standard InChI is InChI=1S/C25H26ClN3O4/c26-19-10-11-24(27-14-19)33-21-12-13-29(16-21)15-20(30)17-32-23-9-5-4-8-22(23)28-25(31)18-6-2-1-3-7-18/h1-11,14,20-21,30H,12-13,15-17H2,(H,28,31). The molecular formula is C25H26ClN3O4. The monoisotopic (exact) mass is 467 g/mol. The first-order valence-corrected chi connectivity index (χ1v) is 11.2. The number of carbonyl (C=O) groups excluding carboxylic acids is 1. The maximum absolute atomic E-state index is 12.5. The SMILES string of the molecule is O=C(Nc1ccccc1OCC(O)CN1CCC(Oc2ccc(Cl)cn2)C1)c1ccccc1. The Morgan fingerprint density at radius 2 is 1.94 bits per heavy atom. The molecule has 7 nitrogen and oxygen atoms in total. The third-order valence-corrected chi connectivity index (χ3v) is 5.51. The molecule has 1 saturated heterocycles. The average Bonchev–Trinajstić information content (AvgIpc) is 3.27. The number of hydrogen-bond acceptors (Lipinski definition) is 6. The van der Waals surface area contributed by atoms with E-state index in [-0.39, 0.29) is 18.6 Å². The van der Waals surface area contributed by atoms with Gasteiger partial charge < -0.3 is 19.9 Å². The summed E-state index contributed by atoms with van der Waals surface area (Å²) >= 11 is 5.86. The summed E-state index contributed by atoms with van der Waals surface area (Å²) in [4.78, 5) is 18.8. The van der Waals surface area contributed by atoms with Gasteiger partial charge in [-0.05, 0) is 36.8 Å². The summed E-state index contributed by atoms with van der Waals surface area (Å²) in [5.74, 6) is 0.840. The van der Waals surface area contributed by atoms with Crippen LogP contribution in [-0.2, 0) is 0 Å². The molecule has 1 fully saturated rings. The molecule has 1 aliphatic rings. The van der Waals surface area contributed by atoms with Crippen LogP contribution in [0.15, 0.2) is 72.9 Å². The normalized spacial score (nSPS) is 16.8. The minimum Gasteiger partial charge on any atom is -0.489 e. The highest BCUT2D eigenvalue weighted by molar-refractivity contribution is 6.30. The molecule has 8 heteroatoms. The molecule has 1 aromatic heterocycles. The number of pyridine rings is 1. The number of nitrogens with zero attached hydrogens (tertiary/aromatic N) is 2. The zero-order valence-electron chi connectivity index (χ0n) is 18.1. The van der Waals surface area contributed by atoms with Gasteiger partial charge in [-0.25, -0.2) is 4.98 Å². The van der Waals surface area contributed by atoms with E-state index >= 15 is 0 Å². The zero-order valence-corrected chi connectivity index (χ0v) is 18.8. The van der Waals surface area contributed by atoms with E-state index in [0.29, 0.717) is 41.0 Å². The Balaban J connectivity index is 1.25. The number of ether oxygens (including phenoxy) is 2. The summed E-state index contributed by atoms with van der Waals surface area (Å²) < 4.78 is 11.7. The third kappa shape index (κ3) is 6.68. The highest BCUT2D eigenvalue weighted by Gasteiger charge is 2.26. The zero-order chi connectivity index (χ0) is 23.0. The molecule has 2 N–H and O–H groups in total. The predicted molar refractivity (Wildman–Crippen MR) is 127 cm³/mol. The van der Waals surface area contributed by atoms with Gasteiger partial charge in [-0.3, -0.25) is 9.69 Å². The van der Waals surface area contributed by atoms with Crippen molar-refractivity contribution >= 4 is 23.2 Å². The number of β-amino-alcohol motifs (C(OH)–C–C–N with tert-alkyl or cyclic N) is 1. The minimum absolute atomic E-state index is 0.0146. The fourth-order valence-corrected chi connectivity index (χ4v) is 3.79. The van der Waals surface area contributed by atoms with E-state index in [2.05, 4.69) is 15.2 Å². The maximum atomic E-state index is 12.5. The molecule has 0 radical (unpaired) electrons. The van der Waals surface area contributed by atoms with Crippen molar-refractivity contribution in [1.82, 2.24) is 9.88 Å². The molecule has 2 heterocycles. The lowest BCUT2D eigenvalue weighted by Crippen LogP contribution is -2.35. The van der Waals surface area contributed by atoms with E-state index in [1.165, 1.54) is 0 Å². The number of hydrogen-bond donors (Lipinski definition) is 2. The van der Waals surface area contributed by atoms with Gasteiger partial charge in [-0.15, -0.1) is 0 Å². The Morgan fingerprint density at radius 3 is 2.73 bits per heavy atom. The van der Waals surface area contributed by atoms with E-state index in [0.717, 1.165) is 13.0 Å². The summed E-state index contributed by atoms with van der Waals surface area (Å²) in [7, 11) is 0. The Labute approximate surface area is 197 Å². The second-order valence-corrected chi connectivity index (χ2v) is 8.32. The van der Waals surface area contributed by atoms with Crippen LogP contribution in [0.4, 0.5) is 5.69 Å². The number of halogens is 1. The Morgan fingerprint density at radius 1 is 1.15 bits per heavy atom. The van der Waals surface area contributed by atoms with Crippen LogP contribution in [0.3, 0.4) is 0 Å². The van der Waals surface area contributed by atoms with Gasteiger partial charge in [0, 0.05) is 37.5 Å². The summed E-state index contributed by atoms with van der Waals surface area (Å²) in [6.45, 7) is 2.09. The fraction of sp³-hybridized carbons (Fsp3) is 0.280. The molecule has 1 amide bonds. The molecule has 33 heavy (non-hydrogen) atoms. The molecule has 2 unspecified atom stereocenters. The molecule has 4 rings (SSSR count). The summed E-state index contributed by atoms with van der Waals surface area (Å²) in [5, 5.41) is 13.9. The lowest BCUT2D eigenvalue weighted by atomic mass is 10.2. The second-order valence-electron chi connectivity index (χ2n) is 7.88. The third-order valence-electron chi connectivity index (χ3n) is 5.29. The van der Waals surface area contributed by atoms with Crippen LogP contribution < -0.4 is 14.8 Å². The smallest absolute Gasteiger partial charge is 0.255 e. The van der Waals surface area contributed by atoms with Crippen LogP contribution in [0.1, 0.15) is 16.8 Å². The number of aliphatic hydroxyl groups excluding tert-OH is 1. The first-order valence-electron chi connectivity index (χ1n) is 10.8. The number of benzene rings is 2. The number of anilines is 1. The predicted octanol–water partition coefficient (Wildman–Crippen LogP) is 3.88. The largest absolute Gasteiger partial charge is 0.489 e. The van der Waals surface area contributed by atoms with E-state index in [1.807, 2.05) is 30.3 Å². The molecule has 2 aromatic carbocycles. The molecule has 0 bridgehead atoms. The van der Waals surface area contributed by atoms with Crippen molar-refractivity contribution in [2.75, 3.05) is 31.6 Å². The van der Waals surface area contributed by atoms with Crippen molar-refractivity contribution in [2.24, 2.45) is 0 Å². The van der Waals surface area contributed by atoms with Gasteiger partial charge in [0.05, 0.1) is 10.7 Å². The molecule has 172 valence electrons. The number of amides is 1. The van der Waals surface area contributed by atoms with E-state index in [1.54, 1.807) is 42.6 Å². The molecule has 3 aromatic rings. The number of rotatable bonds is 9. The van der Waals surface area contributed by atoms with Gasteiger partial charge >= 0.3 is 0 Å². The topological polar surface area (TPSA) is 83.9 Å². The minimum atomic E-state index is -0.685. The number of nitrogens with one attached hydrogen (secondary N) is 1. The van der Waals surface area contributed by atoms with Gasteiger partial charge in [0.25, 0.3) is 5.91 Å². The van der Waals surface area contributed by atoms with Crippen molar-refractivity contribution in [2.45, 2.75) is 18.6 Å². The maximum Gasteiger partial charge on any atom is 0.255 e. The van der Waals surface area contributed by atoms with Gasteiger partial charge in [0.1, 0.15) is 24.6 Å². The van der Waals surface area contributed by atoms with Crippen LogP contribution in [-0.4, -0.2) is 59.3 Å². The van der Waals surface area contributed by atoms with E-state index in [9.17, 15) is 9.90 Å². The number of likely N-dealkylation sites (tertiary alicyclic amines) is 1. The van der Waals surface area contributed by atoms with E-state index < -0.39 is 6.10 Å². The number of aromatic nitrogens is 1. The van der Waals surface area contributed by atoms with Crippen molar-refractivity contribution in [3.05, 3.63) is 83.5 Å². The van der Waals surface area contributed by atoms with Crippen LogP contribution in [0.25, 0.3) is 0 Å². The number of carbonyl (C=O) groups is 1. The van der Waals surface area contributed by atoms with Gasteiger partial charge in [0.2, 0.25) is 5.88 Å². The summed E-state index contributed by atoms with van der Waals surface area (Å²) in [5.41, 5.74) is 1.12.